The number of aromatic nitrogens is 2. The molecular formula is C17H17N3O. The molecule has 0 unspecified atom stereocenters. The number of carbonyl (C=O) groups excluding carboxylic acids is 1. The first-order chi connectivity index (χ1) is 10.3. The van der Waals surface area contributed by atoms with Crippen molar-refractivity contribution >= 4 is 16.9 Å². The zero-order valence-corrected chi connectivity index (χ0v) is 11.8. The summed E-state index contributed by atoms with van der Waals surface area (Å²) < 4.78 is 0. The number of hydrogen-bond acceptors (Lipinski definition) is 2. The van der Waals surface area contributed by atoms with Crippen molar-refractivity contribution < 1.29 is 4.79 Å². The summed E-state index contributed by atoms with van der Waals surface area (Å²) in [6, 6.07) is 15.9. The van der Waals surface area contributed by atoms with Crippen molar-refractivity contribution in [1.29, 1.82) is 0 Å². The third-order valence-corrected chi connectivity index (χ3v) is 3.54. The van der Waals surface area contributed by atoms with E-state index in [1.54, 1.807) is 6.33 Å². The highest BCUT2D eigenvalue weighted by Gasteiger charge is 2.16. The van der Waals surface area contributed by atoms with E-state index in [1.165, 1.54) is 0 Å². The molecule has 1 amide bonds. The fraction of sp³-hybridized carbons (Fsp3) is 0.176. The first-order valence-corrected chi connectivity index (χ1v) is 7.05. The minimum absolute atomic E-state index is 0.0357. The van der Waals surface area contributed by atoms with Crippen LogP contribution < -0.4 is 5.32 Å². The fourth-order valence-electron chi connectivity index (χ4n) is 2.40. The van der Waals surface area contributed by atoms with Crippen LogP contribution in [0.1, 0.15) is 30.5 Å². The Balaban J connectivity index is 2.03. The molecule has 1 heterocycles. The van der Waals surface area contributed by atoms with Crippen LogP contribution in [0.25, 0.3) is 11.0 Å². The molecule has 0 radical (unpaired) electrons. The Morgan fingerprint density at radius 2 is 2.00 bits per heavy atom. The second kappa shape index (κ2) is 5.79. The summed E-state index contributed by atoms with van der Waals surface area (Å²) in [7, 11) is 0. The third-order valence-electron chi connectivity index (χ3n) is 3.54. The van der Waals surface area contributed by atoms with Gasteiger partial charge in [-0.3, -0.25) is 4.79 Å². The molecule has 4 heteroatoms. The van der Waals surface area contributed by atoms with Crippen LogP contribution in [-0.4, -0.2) is 15.9 Å². The van der Waals surface area contributed by atoms with Crippen molar-refractivity contribution in [2.24, 2.45) is 0 Å². The van der Waals surface area contributed by atoms with E-state index in [1.807, 2.05) is 55.5 Å². The summed E-state index contributed by atoms with van der Waals surface area (Å²) in [5, 5.41) is 3.08. The van der Waals surface area contributed by atoms with Gasteiger partial charge in [0.05, 0.1) is 23.4 Å². The summed E-state index contributed by atoms with van der Waals surface area (Å²) in [6.07, 6.45) is 2.15. The Morgan fingerprint density at radius 1 is 1.19 bits per heavy atom. The molecule has 0 aliphatic rings. The van der Waals surface area contributed by atoms with Gasteiger partial charge in [0, 0.05) is 6.42 Å². The minimum atomic E-state index is -0.147. The van der Waals surface area contributed by atoms with Gasteiger partial charge in [-0.25, -0.2) is 4.98 Å². The van der Waals surface area contributed by atoms with Gasteiger partial charge in [-0.1, -0.05) is 43.3 Å². The molecule has 2 N–H and O–H groups in total. The highest BCUT2D eigenvalue weighted by atomic mass is 16.1. The van der Waals surface area contributed by atoms with Crippen LogP contribution in [-0.2, 0) is 4.79 Å². The molecule has 1 aromatic heterocycles. The maximum Gasteiger partial charge on any atom is 0.220 e. The minimum Gasteiger partial charge on any atom is -0.345 e. The summed E-state index contributed by atoms with van der Waals surface area (Å²) in [5.74, 6) is 0.0357. The van der Waals surface area contributed by atoms with E-state index in [2.05, 4.69) is 15.3 Å². The van der Waals surface area contributed by atoms with Gasteiger partial charge in [0.25, 0.3) is 0 Å². The Morgan fingerprint density at radius 3 is 2.76 bits per heavy atom. The monoisotopic (exact) mass is 279 g/mol. The SMILES string of the molecule is CCC(=O)N[C@@H](c1ccccc1)c1ccc2nc[nH]c2c1. The number of benzene rings is 2. The van der Waals surface area contributed by atoms with Crippen molar-refractivity contribution in [2.75, 3.05) is 0 Å². The van der Waals surface area contributed by atoms with Gasteiger partial charge in [-0.15, -0.1) is 0 Å². The van der Waals surface area contributed by atoms with Gasteiger partial charge in [0.2, 0.25) is 5.91 Å². The van der Waals surface area contributed by atoms with Crippen LogP contribution in [0.2, 0.25) is 0 Å². The number of carbonyl (C=O) groups is 1. The number of H-pyrrole nitrogens is 1. The predicted octanol–water partition coefficient (Wildman–Crippen LogP) is 3.18. The van der Waals surface area contributed by atoms with E-state index in [0.29, 0.717) is 6.42 Å². The number of nitrogens with one attached hydrogen (secondary N) is 2. The molecule has 0 saturated heterocycles. The molecule has 4 nitrogen and oxygen atoms in total. The molecule has 0 bridgehead atoms. The summed E-state index contributed by atoms with van der Waals surface area (Å²) >= 11 is 0. The van der Waals surface area contributed by atoms with E-state index < -0.39 is 0 Å². The highest BCUT2D eigenvalue weighted by molar-refractivity contribution is 5.78. The Bertz CT molecular complexity index is 749. The van der Waals surface area contributed by atoms with E-state index in [9.17, 15) is 4.79 Å². The number of hydrogen-bond donors (Lipinski definition) is 2. The lowest BCUT2D eigenvalue weighted by Gasteiger charge is -2.19. The van der Waals surface area contributed by atoms with E-state index in [-0.39, 0.29) is 11.9 Å². The average Bonchev–Trinajstić information content (AvgIpc) is 3.00. The molecule has 0 saturated carbocycles. The second-order valence-electron chi connectivity index (χ2n) is 4.94. The van der Waals surface area contributed by atoms with E-state index in [4.69, 9.17) is 0 Å². The average molecular weight is 279 g/mol. The van der Waals surface area contributed by atoms with Crippen LogP contribution in [0.3, 0.4) is 0 Å². The maximum atomic E-state index is 11.9. The number of imidazole rings is 1. The fourth-order valence-corrected chi connectivity index (χ4v) is 2.40. The van der Waals surface area contributed by atoms with Crippen molar-refractivity contribution in [2.45, 2.75) is 19.4 Å². The second-order valence-corrected chi connectivity index (χ2v) is 4.94. The largest absolute Gasteiger partial charge is 0.345 e. The lowest BCUT2D eigenvalue weighted by atomic mass is 9.98. The maximum absolute atomic E-state index is 11.9. The number of rotatable bonds is 4. The quantitative estimate of drug-likeness (QED) is 0.770. The zero-order chi connectivity index (χ0) is 14.7. The van der Waals surface area contributed by atoms with Gasteiger partial charge in [-0.05, 0) is 23.3 Å². The van der Waals surface area contributed by atoms with Crippen LogP contribution in [0.5, 0.6) is 0 Å². The molecule has 21 heavy (non-hydrogen) atoms. The summed E-state index contributed by atoms with van der Waals surface area (Å²) in [4.78, 5) is 19.2. The molecular weight excluding hydrogens is 262 g/mol. The predicted molar refractivity (Wildman–Crippen MR) is 82.8 cm³/mol. The normalized spacial score (nSPS) is 12.2. The van der Waals surface area contributed by atoms with Gasteiger partial charge in [-0.2, -0.15) is 0 Å². The van der Waals surface area contributed by atoms with Crippen LogP contribution in [0.15, 0.2) is 54.9 Å². The Kier molecular flexibility index (Phi) is 3.69. The topological polar surface area (TPSA) is 57.8 Å². The van der Waals surface area contributed by atoms with Gasteiger partial charge >= 0.3 is 0 Å². The number of amides is 1. The van der Waals surface area contributed by atoms with E-state index in [0.717, 1.165) is 22.2 Å². The van der Waals surface area contributed by atoms with Crippen molar-refractivity contribution in [3.8, 4) is 0 Å². The molecule has 0 aliphatic carbocycles. The standard InChI is InChI=1S/C17H17N3O/c1-2-16(21)20-17(12-6-4-3-5-7-12)13-8-9-14-15(10-13)19-11-18-14/h3-11,17H,2H2,1H3,(H,18,19)(H,20,21)/t17-/m0/s1. The van der Waals surface area contributed by atoms with Crippen molar-refractivity contribution in [3.05, 3.63) is 66.0 Å². The number of aromatic amines is 1. The lowest BCUT2D eigenvalue weighted by Crippen LogP contribution is -2.28. The van der Waals surface area contributed by atoms with Crippen LogP contribution in [0.4, 0.5) is 0 Å². The Labute approximate surface area is 123 Å². The zero-order valence-electron chi connectivity index (χ0n) is 11.8. The van der Waals surface area contributed by atoms with Crippen LogP contribution >= 0.6 is 0 Å². The molecule has 0 aliphatic heterocycles. The van der Waals surface area contributed by atoms with Crippen molar-refractivity contribution in [1.82, 2.24) is 15.3 Å². The first-order valence-electron chi connectivity index (χ1n) is 7.05. The molecule has 106 valence electrons. The molecule has 0 spiro atoms. The van der Waals surface area contributed by atoms with Gasteiger partial charge in [0.15, 0.2) is 0 Å². The molecule has 3 aromatic rings. The molecule has 1 atom stereocenters. The van der Waals surface area contributed by atoms with Crippen molar-refractivity contribution in [3.63, 3.8) is 0 Å². The molecule has 0 fully saturated rings. The molecule has 2 aromatic carbocycles. The number of fused-ring (bicyclic) bond motifs is 1. The third kappa shape index (κ3) is 2.79. The van der Waals surface area contributed by atoms with E-state index >= 15 is 0 Å². The summed E-state index contributed by atoms with van der Waals surface area (Å²) in [5.41, 5.74) is 4.00. The smallest absolute Gasteiger partial charge is 0.220 e. The van der Waals surface area contributed by atoms with Crippen LogP contribution in [0, 0.1) is 0 Å². The number of nitrogens with zero attached hydrogens (tertiary/aromatic N) is 1. The first kappa shape index (κ1) is 13.4. The Hall–Kier alpha value is -2.62. The molecule has 3 rings (SSSR count). The summed E-state index contributed by atoms with van der Waals surface area (Å²) in [6.45, 7) is 1.86. The highest BCUT2D eigenvalue weighted by Crippen LogP contribution is 2.24. The van der Waals surface area contributed by atoms with Gasteiger partial charge < -0.3 is 10.3 Å². The van der Waals surface area contributed by atoms with Gasteiger partial charge in [0.1, 0.15) is 0 Å². The lowest BCUT2D eigenvalue weighted by molar-refractivity contribution is -0.121.